The molecule has 178 valence electrons. The van der Waals surface area contributed by atoms with Crippen molar-refractivity contribution in [1.29, 1.82) is 0 Å². The van der Waals surface area contributed by atoms with Gasteiger partial charge in [0.2, 0.25) is 0 Å². The Balaban J connectivity index is 1.75. The second kappa shape index (κ2) is 8.25. The smallest absolute Gasteiger partial charge is 0.181 e. The lowest BCUT2D eigenvalue weighted by molar-refractivity contribution is 0.108. The predicted molar refractivity (Wildman–Crippen MR) is 130 cm³/mol. The lowest BCUT2D eigenvalue weighted by Crippen LogP contribution is -2.38. The minimum Gasteiger partial charge on any atom is -0.486 e. The average molecular weight is 482 g/mol. The number of rotatable bonds is 6. The third-order valence-corrected chi connectivity index (χ3v) is 6.84. The van der Waals surface area contributed by atoms with Crippen molar-refractivity contribution in [3.05, 3.63) is 58.4 Å². The molecule has 4 aromatic rings. The number of anilines is 1. The Morgan fingerprint density at radius 2 is 1.91 bits per heavy atom. The van der Waals surface area contributed by atoms with Gasteiger partial charge in [-0.05, 0) is 44.9 Å². The Morgan fingerprint density at radius 3 is 2.47 bits per heavy atom. The number of halogens is 1. The highest BCUT2D eigenvalue weighted by molar-refractivity contribution is 6.37. The minimum atomic E-state index is -1.57. The Kier molecular flexibility index (Phi) is 5.49. The fourth-order valence-corrected chi connectivity index (χ4v) is 4.67. The normalized spacial score (nSPS) is 15.6. The highest BCUT2D eigenvalue weighted by atomic mass is 35.5. The van der Waals surface area contributed by atoms with E-state index < -0.39 is 5.60 Å². The maximum atomic E-state index is 12.3. The van der Waals surface area contributed by atoms with Gasteiger partial charge in [0.05, 0.1) is 34.7 Å². The molecule has 0 aliphatic carbocycles. The Bertz CT molecular complexity index is 1380. The molecule has 0 saturated carbocycles. The van der Waals surface area contributed by atoms with Crippen LogP contribution in [-0.2, 0) is 19.7 Å². The van der Waals surface area contributed by atoms with Crippen LogP contribution >= 0.6 is 11.6 Å². The zero-order chi connectivity index (χ0) is 24.2. The monoisotopic (exact) mass is 481 g/mol. The maximum Gasteiger partial charge on any atom is 0.181 e. The summed E-state index contributed by atoms with van der Waals surface area (Å²) in [6.07, 6.45) is 4.29. The summed E-state index contributed by atoms with van der Waals surface area (Å²) in [5, 5.41) is 21.5. The predicted octanol–water partition coefficient (Wildman–Crippen LogP) is 3.34. The quantitative estimate of drug-likeness (QED) is 0.451. The number of ether oxygens (including phenoxy) is 1. The van der Waals surface area contributed by atoms with Crippen LogP contribution in [0.4, 0.5) is 5.82 Å². The van der Waals surface area contributed by atoms with E-state index in [1.54, 1.807) is 24.1 Å². The van der Waals surface area contributed by atoms with Crippen LogP contribution < -0.4 is 9.64 Å². The Hall–Kier alpha value is -3.17. The second-order valence-electron chi connectivity index (χ2n) is 9.02. The number of pyridine rings is 1. The molecule has 1 aliphatic heterocycles. The van der Waals surface area contributed by atoms with Gasteiger partial charge in [-0.25, -0.2) is 14.6 Å². The van der Waals surface area contributed by atoms with Gasteiger partial charge < -0.3 is 19.3 Å². The molecule has 1 saturated heterocycles. The van der Waals surface area contributed by atoms with Crippen LogP contribution in [0.3, 0.4) is 0 Å². The first-order chi connectivity index (χ1) is 16.2. The van der Waals surface area contributed by atoms with E-state index in [2.05, 4.69) is 20.2 Å². The molecule has 1 aliphatic rings. The molecule has 1 unspecified atom stereocenters. The van der Waals surface area contributed by atoms with E-state index in [0.717, 1.165) is 36.7 Å². The van der Waals surface area contributed by atoms with Gasteiger partial charge in [-0.3, -0.25) is 0 Å². The van der Waals surface area contributed by atoms with Crippen molar-refractivity contribution in [3.8, 4) is 5.75 Å². The lowest BCUT2D eigenvalue weighted by atomic mass is 9.86. The van der Waals surface area contributed by atoms with Gasteiger partial charge in [-0.2, -0.15) is 0 Å². The molecule has 1 fully saturated rings. The summed E-state index contributed by atoms with van der Waals surface area (Å²) in [6.45, 7) is 7.67. The van der Waals surface area contributed by atoms with E-state index in [4.69, 9.17) is 21.3 Å². The maximum absolute atomic E-state index is 12.3. The largest absolute Gasteiger partial charge is 0.486 e. The van der Waals surface area contributed by atoms with Gasteiger partial charge in [0.25, 0.3) is 0 Å². The van der Waals surface area contributed by atoms with Crippen molar-refractivity contribution in [3.63, 3.8) is 0 Å². The van der Waals surface area contributed by atoms with Gasteiger partial charge in [0, 0.05) is 32.6 Å². The molecule has 0 spiro atoms. The van der Waals surface area contributed by atoms with Gasteiger partial charge >= 0.3 is 0 Å². The van der Waals surface area contributed by atoms with E-state index in [1.165, 1.54) is 0 Å². The van der Waals surface area contributed by atoms with Gasteiger partial charge in [0.1, 0.15) is 11.5 Å². The van der Waals surface area contributed by atoms with Crippen LogP contribution in [0, 0.1) is 6.92 Å². The highest BCUT2D eigenvalue weighted by Crippen LogP contribution is 2.44. The zero-order valence-electron chi connectivity index (χ0n) is 19.9. The molecule has 4 heterocycles. The van der Waals surface area contributed by atoms with E-state index in [1.807, 2.05) is 50.6 Å². The molecular weight excluding hydrogens is 454 g/mol. The van der Waals surface area contributed by atoms with Crippen molar-refractivity contribution in [2.75, 3.05) is 18.0 Å². The molecule has 1 aromatic carbocycles. The molecule has 5 rings (SSSR count). The summed E-state index contributed by atoms with van der Waals surface area (Å²) in [6, 6.07) is 5.62. The van der Waals surface area contributed by atoms with Crippen LogP contribution in [0.25, 0.3) is 10.9 Å². The van der Waals surface area contributed by atoms with Crippen LogP contribution in [0.1, 0.15) is 43.0 Å². The molecule has 34 heavy (non-hydrogen) atoms. The summed E-state index contributed by atoms with van der Waals surface area (Å²) >= 11 is 6.95. The molecule has 9 nitrogen and oxygen atoms in total. The molecule has 0 radical (unpaired) electrons. The van der Waals surface area contributed by atoms with Gasteiger partial charge in [-0.15, -0.1) is 5.10 Å². The second-order valence-corrected chi connectivity index (χ2v) is 9.40. The van der Waals surface area contributed by atoms with Crippen molar-refractivity contribution in [2.45, 2.75) is 38.9 Å². The van der Waals surface area contributed by atoms with Gasteiger partial charge in [0.15, 0.2) is 17.2 Å². The lowest BCUT2D eigenvalue weighted by Gasteiger charge is -2.34. The first-order valence-electron chi connectivity index (χ1n) is 11.3. The third-order valence-electron chi connectivity index (χ3n) is 6.47. The summed E-state index contributed by atoms with van der Waals surface area (Å²) in [4.78, 5) is 11.5. The number of aliphatic hydroxyl groups is 1. The number of hydrogen-bond acceptors (Lipinski definition) is 7. The fraction of sp³-hybridized carbons (Fsp3) is 0.417. The number of fused-ring (bicyclic) bond motifs is 1. The van der Waals surface area contributed by atoms with E-state index in [9.17, 15) is 5.11 Å². The Labute approximate surface area is 202 Å². The number of imidazole rings is 1. The third kappa shape index (κ3) is 3.42. The molecule has 10 heteroatoms. The SMILES string of the molecule is Cc1ncc(C(O)(c2ccc3nc(N4CCC4)c(OC(C)C)c(Cl)c3c2)c2cnnn2C)n1C. The van der Waals surface area contributed by atoms with Crippen LogP contribution in [0.2, 0.25) is 5.02 Å². The summed E-state index contributed by atoms with van der Waals surface area (Å²) in [5.74, 6) is 2.11. The fourth-order valence-electron chi connectivity index (χ4n) is 4.38. The molecule has 1 N–H and O–H groups in total. The highest BCUT2D eigenvalue weighted by Gasteiger charge is 2.40. The number of hydrogen-bond donors (Lipinski definition) is 1. The first kappa shape index (κ1) is 22.6. The van der Waals surface area contributed by atoms with E-state index in [0.29, 0.717) is 33.1 Å². The number of nitrogens with zero attached hydrogens (tertiary/aromatic N) is 7. The Morgan fingerprint density at radius 1 is 1.15 bits per heavy atom. The van der Waals surface area contributed by atoms with Crippen molar-refractivity contribution in [2.24, 2.45) is 14.1 Å². The summed E-state index contributed by atoms with van der Waals surface area (Å²) < 4.78 is 9.55. The number of aromatic nitrogens is 6. The molecule has 0 bridgehead atoms. The molecule has 1 atom stereocenters. The standard InChI is InChI=1S/C24H28ClN7O2/c1-14(2)34-22-21(25)17-11-16(7-8-18(17)28-23(22)32-9-6-10-32)24(33,20-13-27-29-31(20)5)19-12-26-15(3)30(19)4/h7-8,11-14,33H,6,9-10H2,1-5H3. The zero-order valence-corrected chi connectivity index (χ0v) is 20.7. The number of aryl methyl sites for hydroxylation is 2. The summed E-state index contributed by atoms with van der Waals surface area (Å²) in [5.41, 5.74) is 0.869. The van der Waals surface area contributed by atoms with E-state index in [-0.39, 0.29) is 6.10 Å². The minimum absolute atomic E-state index is 0.0603. The van der Waals surface area contributed by atoms with Crippen LogP contribution in [0.5, 0.6) is 5.75 Å². The molecule has 3 aromatic heterocycles. The van der Waals surface area contributed by atoms with Crippen molar-refractivity contribution in [1.82, 2.24) is 29.5 Å². The van der Waals surface area contributed by atoms with Crippen LogP contribution in [0.15, 0.2) is 30.6 Å². The van der Waals surface area contributed by atoms with Gasteiger partial charge in [-0.1, -0.05) is 22.9 Å². The first-order valence-corrected chi connectivity index (χ1v) is 11.7. The van der Waals surface area contributed by atoms with Crippen LogP contribution in [-0.4, -0.2) is 53.8 Å². The van der Waals surface area contributed by atoms with E-state index >= 15 is 0 Å². The average Bonchev–Trinajstić information content (AvgIpc) is 3.34. The summed E-state index contributed by atoms with van der Waals surface area (Å²) in [7, 11) is 3.62. The molecular formula is C24H28ClN7O2. The molecule has 0 amide bonds. The number of benzene rings is 1. The van der Waals surface area contributed by atoms with Crippen molar-refractivity contribution < 1.29 is 9.84 Å². The topological polar surface area (TPSA) is 94.1 Å². The van der Waals surface area contributed by atoms with Crippen molar-refractivity contribution >= 4 is 28.3 Å².